The monoisotopic (exact) mass is 198 g/mol. The molecule has 0 saturated heterocycles. The molecule has 0 spiro atoms. The molecule has 0 radical (unpaired) electrons. The van der Waals surface area contributed by atoms with Crippen molar-refractivity contribution >= 4 is 5.91 Å². The van der Waals surface area contributed by atoms with Crippen LogP contribution in [0.3, 0.4) is 0 Å². The lowest BCUT2D eigenvalue weighted by Gasteiger charge is -2.25. The molecule has 0 aliphatic heterocycles. The van der Waals surface area contributed by atoms with Gasteiger partial charge >= 0.3 is 0 Å². The number of nitrogens with two attached hydrogens (primary N) is 1. The average molecular weight is 198 g/mol. The highest BCUT2D eigenvalue weighted by molar-refractivity contribution is 5.85. The number of rotatable bonds is 5. The summed E-state index contributed by atoms with van der Waals surface area (Å²) in [5.41, 5.74) is 5.44. The van der Waals surface area contributed by atoms with Crippen LogP contribution in [0.5, 0.6) is 0 Å². The lowest BCUT2D eigenvalue weighted by molar-refractivity contribution is -0.135. The van der Waals surface area contributed by atoms with Gasteiger partial charge in [0.15, 0.2) is 0 Å². The van der Waals surface area contributed by atoms with E-state index in [0.29, 0.717) is 12.5 Å². The van der Waals surface area contributed by atoms with Gasteiger partial charge in [-0.1, -0.05) is 20.3 Å². The third-order valence-electron chi connectivity index (χ3n) is 3.33. The summed E-state index contributed by atoms with van der Waals surface area (Å²) in [6.07, 6.45) is 3.08. The molecule has 1 fully saturated rings. The predicted molar refractivity (Wildman–Crippen MR) is 57.8 cm³/mol. The van der Waals surface area contributed by atoms with Crippen LogP contribution >= 0.6 is 0 Å². The fraction of sp³-hybridized carbons (Fsp3) is 0.909. The van der Waals surface area contributed by atoms with E-state index in [0.717, 1.165) is 25.8 Å². The summed E-state index contributed by atoms with van der Waals surface area (Å²) in [5.74, 6) is 0.831. The standard InChI is InChI=1S/C11H22N2O/c1-4-9(2)7-13(3)10(14)11(8-12)5-6-11/h9H,4-8,12H2,1-3H3. The van der Waals surface area contributed by atoms with Crippen LogP contribution < -0.4 is 5.73 Å². The Morgan fingerprint density at radius 2 is 2.14 bits per heavy atom. The van der Waals surface area contributed by atoms with Gasteiger partial charge in [-0.15, -0.1) is 0 Å². The molecule has 0 aromatic rings. The Balaban J connectivity index is 2.44. The molecule has 1 aliphatic rings. The van der Waals surface area contributed by atoms with E-state index >= 15 is 0 Å². The van der Waals surface area contributed by atoms with Gasteiger partial charge in [-0.3, -0.25) is 4.79 Å². The zero-order valence-corrected chi connectivity index (χ0v) is 9.55. The van der Waals surface area contributed by atoms with E-state index in [1.807, 2.05) is 11.9 Å². The Bertz CT molecular complexity index is 211. The van der Waals surface area contributed by atoms with Crippen molar-refractivity contribution in [2.75, 3.05) is 20.1 Å². The van der Waals surface area contributed by atoms with Gasteiger partial charge in [0.2, 0.25) is 5.91 Å². The lowest BCUT2D eigenvalue weighted by atomic mass is 10.0. The zero-order chi connectivity index (χ0) is 10.8. The average Bonchev–Trinajstić information content (AvgIpc) is 2.97. The number of nitrogens with zero attached hydrogens (tertiary/aromatic N) is 1. The van der Waals surface area contributed by atoms with Crippen LogP contribution in [0.2, 0.25) is 0 Å². The first-order chi connectivity index (χ1) is 6.55. The molecule has 1 amide bonds. The molecule has 1 saturated carbocycles. The van der Waals surface area contributed by atoms with Crippen molar-refractivity contribution in [3.63, 3.8) is 0 Å². The van der Waals surface area contributed by atoms with E-state index in [2.05, 4.69) is 13.8 Å². The van der Waals surface area contributed by atoms with Crippen LogP contribution in [0.25, 0.3) is 0 Å². The Hall–Kier alpha value is -0.570. The topological polar surface area (TPSA) is 46.3 Å². The maximum Gasteiger partial charge on any atom is 0.229 e. The van der Waals surface area contributed by atoms with Crippen molar-refractivity contribution in [1.82, 2.24) is 4.90 Å². The van der Waals surface area contributed by atoms with Crippen molar-refractivity contribution in [3.8, 4) is 0 Å². The van der Waals surface area contributed by atoms with Crippen LogP contribution in [-0.4, -0.2) is 30.9 Å². The number of amides is 1. The maximum atomic E-state index is 12.0. The fourth-order valence-electron chi connectivity index (χ4n) is 1.74. The lowest BCUT2D eigenvalue weighted by Crippen LogP contribution is -2.40. The molecule has 14 heavy (non-hydrogen) atoms. The SMILES string of the molecule is CCC(C)CN(C)C(=O)C1(CN)CC1. The van der Waals surface area contributed by atoms with E-state index in [1.165, 1.54) is 0 Å². The van der Waals surface area contributed by atoms with Gasteiger partial charge in [0, 0.05) is 20.1 Å². The van der Waals surface area contributed by atoms with Crippen LogP contribution in [0.15, 0.2) is 0 Å². The van der Waals surface area contributed by atoms with Gasteiger partial charge in [-0.25, -0.2) is 0 Å². The molecule has 0 aromatic heterocycles. The predicted octanol–water partition coefficient (Wildman–Crippen LogP) is 1.23. The molecule has 82 valence electrons. The first-order valence-corrected chi connectivity index (χ1v) is 5.51. The van der Waals surface area contributed by atoms with Crippen LogP contribution in [0.4, 0.5) is 0 Å². The maximum absolute atomic E-state index is 12.0. The molecule has 0 bridgehead atoms. The van der Waals surface area contributed by atoms with Crippen LogP contribution in [0, 0.1) is 11.3 Å². The van der Waals surface area contributed by atoms with Crippen molar-refractivity contribution < 1.29 is 4.79 Å². The summed E-state index contributed by atoms with van der Waals surface area (Å²) in [6, 6.07) is 0. The highest BCUT2D eigenvalue weighted by Gasteiger charge is 2.49. The van der Waals surface area contributed by atoms with E-state index in [4.69, 9.17) is 5.73 Å². The van der Waals surface area contributed by atoms with Gasteiger partial charge in [-0.05, 0) is 18.8 Å². The molecule has 1 aliphatic carbocycles. The van der Waals surface area contributed by atoms with Gasteiger partial charge in [-0.2, -0.15) is 0 Å². The molecule has 0 aromatic carbocycles. The smallest absolute Gasteiger partial charge is 0.229 e. The number of hydrogen-bond acceptors (Lipinski definition) is 2. The largest absolute Gasteiger partial charge is 0.345 e. The van der Waals surface area contributed by atoms with Gasteiger partial charge in [0.05, 0.1) is 5.41 Å². The number of hydrogen-bond donors (Lipinski definition) is 1. The third-order valence-corrected chi connectivity index (χ3v) is 3.33. The molecule has 1 atom stereocenters. The van der Waals surface area contributed by atoms with Gasteiger partial charge in [0.25, 0.3) is 0 Å². The molecule has 1 unspecified atom stereocenters. The quantitative estimate of drug-likeness (QED) is 0.722. The van der Waals surface area contributed by atoms with Crippen LogP contribution in [0.1, 0.15) is 33.1 Å². The Morgan fingerprint density at radius 3 is 2.50 bits per heavy atom. The molecule has 3 nitrogen and oxygen atoms in total. The minimum absolute atomic E-state index is 0.178. The summed E-state index contributed by atoms with van der Waals surface area (Å²) in [6.45, 7) is 5.69. The first-order valence-electron chi connectivity index (χ1n) is 5.51. The van der Waals surface area contributed by atoms with Crippen molar-refractivity contribution in [2.45, 2.75) is 33.1 Å². The molecular weight excluding hydrogens is 176 g/mol. The van der Waals surface area contributed by atoms with Crippen molar-refractivity contribution in [1.29, 1.82) is 0 Å². The second-order valence-electron chi connectivity index (χ2n) is 4.68. The molecule has 1 rings (SSSR count). The number of carbonyl (C=O) groups excluding carboxylic acids is 1. The second-order valence-corrected chi connectivity index (χ2v) is 4.68. The minimum atomic E-state index is -0.178. The Kier molecular flexibility index (Phi) is 3.53. The normalized spacial score (nSPS) is 20.3. The van der Waals surface area contributed by atoms with E-state index in [-0.39, 0.29) is 11.3 Å². The zero-order valence-electron chi connectivity index (χ0n) is 9.55. The molecular formula is C11H22N2O. The van der Waals surface area contributed by atoms with Crippen molar-refractivity contribution in [2.24, 2.45) is 17.1 Å². The van der Waals surface area contributed by atoms with Crippen molar-refractivity contribution in [3.05, 3.63) is 0 Å². The molecule has 2 N–H and O–H groups in total. The highest BCUT2D eigenvalue weighted by atomic mass is 16.2. The summed E-state index contributed by atoms with van der Waals surface area (Å²) in [4.78, 5) is 13.8. The first kappa shape index (κ1) is 11.5. The minimum Gasteiger partial charge on any atom is -0.345 e. The highest BCUT2D eigenvalue weighted by Crippen LogP contribution is 2.45. The molecule has 3 heteroatoms. The number of carbonyl (C=O) groups is 1. The molecule has 0 heterocycles. The summed E-state index contributed by atoms with van der Waals surface area (Å²) in [5, 5.41) is 0. The Morgan fingerprint density at radius 1 is 1.57 bits per heavy atom. The fourth-order valence-corrected chi connectivity index (χ4v) is 1.74. The van der Waals surface area contributed by atoms with E-state index in [1.54, 1.807) is 0 Å². The van der Waals surface area contributed by atoms with Crippen LogP contribution in [-0.2, 0) is 4.79 Å². The second kappa shape index (κ2) is 4.30. The summed E-state index contributed by atoms with van der Waals surface area (Å²) < 4.78 is 0. The van der Waals surface area contributed by atoms with E-state index < -0.39 is 0 Å². The summed E-state index contributed by atoms with van der Waals surface area (Å²) in [7, 11) is 1.89. The third kappa shape index (κ3) is 2.27. The van der Waals surface area contributed by atoms with Gasteiger partial charge < -0.3 is 10.6 Å². The van der Waals surface area contributed by atoms with E-state index in [9.17, 15) is 4.79 Å². The summed E-state index contributed by atoms with van der Waals surface area (Å²) >= 11 is 0. The van der Waals surface area contributed by atoms with Gasteiger partial charge in [0.1, 0.15) is 0 Å². The Labute approximate surface area is 86.6 Å².